The van der Waals surface area contributed by atoms with Gasteiger partial charge in [0.1, 0.15) is 5.52 Å². The van der Waals surface area contributed by atoms with Crippen LogP contribution in [0.1, 0.15) is 18.4 Å². The van der Waals surface area contributed by atoms with E-state index >= 15 is 0 Å². The van der Waals surface area contributed by atoms with E-state index < -0.39 is 5.97 Å². The highest BCUT2D eigenvalue weighted by Crippen LogP contribution is 2.28. The molecule has 108 valence electrons. The molecule has 0 radical (unpaired) electrons. The second kappa shape index (κ2) is 5.65. The van der Waals surface area contributed by atoms with Crippen molar-refractivity contribution in [3.8, 4) is 10.7 Å². The van der Waals surface area contributed by atoms with Crippen LogP contribution in [0.25, 0.3) is 21.9 Å². The Kier molecular flexibility index (Phi) is 3.70. The van der Waals surface area contributed by atoms with Crippen molar-refractivity contribution < 1.29 is 9.90 Å². The van der Waals surface area contributed by atoms with Gasteiger partial charge in [0.15, 0.2) is 11.5 Å². The molecule has 0 bridgehead atoms. The molecule has 0 aromatic carbocycles. The summed E-state index contributed by atoms with van der Waals surface area (Å²) < 4.78 is 2.02. The molecule has 3 aromatic heterocycles. The third-order valence-corrected chi connectivity index (χ3v) is 4.10. The zero-order chi connectivity index (χ0) is 14.8. The first kappa shape index (κ1) is 13.8. The second-order valence-electron chi connectivity index (χ2n) is 4.92. The summed E-state index contributed by atoms with van der Waals surface area (Å²) >= 11 is 1.62. The number of fused-ring (bicyclic) bond motifs is 1. The number of nitrogens with zero attached hydrogens (tertiary/aromatic N) is 3. The summed E-state index contributed by atoms with van der Waals surface area (Å²) in [6, 6.07) is 6.01. The van der Waals surface area contributed by atoms with Gasteiger partial charge in [0.05, 0.1) is 4.88 Å². The Labute approximate surface area is 125 Å². The maximum atomic E-state index is 10.7. The Hall–Kier alpha value is -2.21. The zero-order valence-electron chi connectivity index (χ0n) is 11.6. The van der Waals surface area contributed by atoms with Crippen LogP contribution in [0.5, 0.6) is 0 Å². The first-order chi connectivity index (χ1) is 10.1. The van der Waals surface area contributed by atoms with E-state index in [1.165, 1.54) is 0 Å². The molecule has 0 saturated heterocycles. The maximum absolute atomic E-state index is 10.7. The van der Waals surface area contributed by atoms with E-state index in [0.717, 1.165) is 27.4 Å². The first-order valence-corrected chi connectivity index (χ1v) is 7.61. The number of hydrogen-bond donors (Lipinski definition) is 1. The van der Waals surface area contributed by atoms with Gasteiger partial charge in [0.2, 0.25) is 0 Å². The lowest BCUT2D eigenvalue weighted by atomic mass is 10.3. The summed E-state index contributed by atoms with van der Waals surface area (Å²) in [6.45, 7) is 2.59. The average Bonchev–Trinajstić information content (AvgIpc) is 3.05. The van der Waals surface area contributed by atoms with Gasteiger partial charge < -0.3 is 9.67 Å². The number of carboxylic acid groups (broad SMARTS) is 1. The monoisotopic (exact) mass is 301 g/mol. The number of aromatic nitrogens is 3. The van der Waals surface area contributed by atoms with Crippen LogP contribution in [-0.4, -0.2) is 25.6 Å². The van der Waals surface area contributed by atoms with E-state index in [4.69, 9.17) is 5.11 Å². The lowest BCUT2D eigenvalue weighted by molar-refractivity contribution is -0.137. The number of carboxylic acids is 1. The van der Waals surface area contributed by atoms with E-state index in [-0.39, 0.29) is 6.42 Å². The molecule has 21 heavy (non-hydrogen) atoms. The lowest BCUT2D eigenvalue weighted by Gasteiger charge is -2.06. The van der Waals surface area contributed by atoms with Gasteiger partial charge in [0.25, 0.3) is 0 Å². The Morgan fingerprint density at radius 3 is 3.05 bits per heavy atom. The highest BCUT2D eigenvalue weighted by atomic mass is 32.1. The quantitative estimate of drug-likeness (QED) is 0.785. The fourth-order valence-corrected chi connectivity index (χ4v) is 3.03. The van der Waals surface area contributed by atoms with Crippen LogP contribution in [0.4, 0.5) is 0 Å². The molecule has 0 fully saturated rings. The van der Waals surface area contributed by atoms with E-state index in [2.05, 4.69) is 9.97 Å². The molecule has 0 aliphatic rings. The molecular formula is C15H15N3O2S. The lowest BCUT2D eigenvalue weighted by Crippen LogP contribution is -2.04. The number of aliphatic carboxylic acids is 1. The molecule has 0 unspecified atom stereocenters. The number of pyridine rings is 1. The molecule has 3 aromatic rings. The molecule has 0 saturated carbocycles. The molecular weight excluding hydrogens is 286 g/mol. The van der Waals surface area contributed by atoms with Gasteiger partial charge in [-0.1, -0.05) is 6.07 Å². The van der Waals surface area contributed by atoms with Gasteiger partial charge in [-0.15, -0.1) is 11.3 Å². The van der Waals surface area contributed by atoms with Crippen LogP contribution >= 0.6 is 11.3 Å². The van der Waals surface area contributed by atoms with Crippen LogP contribution in [0, 0.1) is 6.92 Å². The summed E-state index contributed by atoms with van der Waals surface area (Å²) in [5.41, 5.74) is 2.73. The van der Waals surface area contributed by atoms with Crippen molar-refractivity contribution >= 4 is 28.5 Å². The largest absolute Gasteiger partial charge is 0.481 e. The molecule has 0 aliphatic carbocycles. The normalized spacial score (nSPS) is 11.1. The van der Waals surface area contributed by atoms with Gasteiger partial charge in [-0.3, -0.25) is 4.79 Å². The van der Waals surface area contributed by atoms with Crippen molar-refractivity contribution in [2.24, 2.45) is 0 Å². The molecule has 1 N–H and O–H groups in total. The highest BCUT2D eigenvalue weighted by molar-refractivity contribution is 7.13. The van der Waals surface area contributed by atoms with Crippen LogP contribution < -0.4 is 0 Å². The van der Waals surface area contributed by atoms with E-state index in [1.54, 1.807) is 11.3 Å². The van der Waals surface area contributed by atoms with Crippen LogP contribution in [0.3, 0.4) is 0 Å². The van der Waals surface area contributed by atoms with Crippen molar-refractivity contribution in [1.29, 1.82) is 0 Å². The van der Waals surface area contributed by atoms with Gasteiger partial charge in [-0.2, -0.15) is 0 Å². The molecule has 3 rings (SSSR count). The Balaban J connectivity index is 2.05. The SMILES string of the molecule is Cc1cnc2c(c1)nc(-c1cccs1)n2CCCC(=O)O. The fourth-order valence-electron chi connectivity index (χ4n) is 2.31. The summed E-state index contributed by atoms with van der Waals surface area (Å²) in [5, 5.41) is 10.8. The highest BCUT2D eigenvalue weighted by Gasteiger charge is 2.14. The van der Waals surface area contributed by atoms with Crippen molar-refractivity contribution in [3.05, 3.63) is 35.3 Å². The van der Waals surface area contributed by atoms with Crippen molar-refractivity contribution in [2.75, 3.05) is 0 Å². The van der Waals surface area contributed by atoms with Gasteiger partial charge >= 0.3 is 5.97 Å². The minimum Gasteiger partial charge on any atom is -0.481 e. The van der Waals surface area contributed by atoms with Crippen molar-refractivity contribution in [1.82, 2.24) is 14.5 Å². The predicted molar refractivity (Wildman–Crippen MR) is 82.4 cm³/mol. The molecule has 0 amide bonds. The standard InChI is InChI=1S/C15H15N3O2S/c1-10-8-11-14(16-9-10)18(6-2-5-13(19)20)15(17-11)12-4-3-7-21-12/h3-4,7-9H,2,5-6H2,1H3,(H,19,20). The number of carbonyl (C=O) groups is 1. The Morgan fingerprint density at radius 1 is 1.48 bits per heavy atom. The minimum atomic E-state index is -0.777. The summed E-state index contributed by atoms with van der Waals surface area (Å²) in [5.74, 6) is 0.0874. The topological polar surface area (TPSA) is 68.0 Å². The second-order valence-corrected chi connectivity index (χ2v) is 5.86. The molecule has 6 heteroatoms. The van der Waals surface area contributed by atoms with E-state index in [9.17, 15) is 4.79 Å². The Morgan fingerprint density at radius 2 is 2.33 bits per heavy atom. The third kappa shape index (κ3) is 2.80. The third-order valence-electron chi connectivity index (χ3n) is 3.24. The van der Waals surface area contributed by atoms with Gasteiger partial charge in [0, 0.05) is 19.2 Å². The smallest absolute Gasteiger partial charge is 0.303 e. The van der Waals surface area contributed by atoms with Gasteiger partial charge in [-0.25, -0.2) is 9.97 Å². The minimum absolute atomic E-state index is 0.148. The van der Waals surface area contributed by atoms with Crippen LogP contribution in [0.2, 0.25) is 0 Å². The molecule has 3 heterocycles. The average molecular weight is 301 g/mol. The van der Waals surface area contributed by atoms with E-state index in [0.29, 0.717) is 13.0 Å². The van der Waals surface area contributed by atoms with E-state index in [1.807, 2.05) is 41.3 Å². The molecule has 5 nitrogen and oxygen atoms in total. The van der Waals surface area contributed by atoms with Crippen molar-refractivity contribution in [3.63, 3.8) is 0 Å². The van der Waals surface area contributed by atoms with Gasteiger partial charge in [-0.05, 0) is 36.4 Å². The summed E-state index contributed by atoms with van der Waals surface area (Å²) in [4.78, 5) is 20.9. The zero-order valence-corrected chi connectivity index (χ0v) is 12.4. The molecule has 0 atom stereocenters. The number of hydrogen-bond acceptors (Lipinski definition) is 4. The van der Waals surface area contributed by atoms with Crippen molar-refractivity contribution in [2.45, 2.75) is 26.3 Å². The number of rotatable bonds is 5. The van der Waals surface area contributed by atoms with Crippen LogP contribution in [0.15, 0.2) is 29.8 Å². The molecule has 0 spiro atoms. The molecule has 0 aliphatic heterocycles. The number of aryl methyl sites for hydroxylation is 2. The summed E-state index contributed by atoms with van der Waals surface area (Å²) in [7, 11) is 0. The number of thiophene rings is 1. The summed E-state index contributed by atoms with van der Waals surface area (Å²) in [6.07, 6.45) is 2.53. The Bertz CT molecular complexity index is 778. The first-order valence-electron chi connectivity index (χ1n) is 6.73. The van der Waals surface area contributed by atoms with Crippen LogP contribution in [-0.2, 0) is 11.3 Å². The maximum Gasteiger partial charge on any atom is 0.303 e. The number of imidazole rings is 1. The predicted octanol–water partition coefficient (Wildman–Crippen LogP) is 3.33. The fraction of sp³-hybridized carbons (Fsp3) is 0.267.